The van der Waals surface area contributed by atoms with Gasteiger partial charge in [0.2, 0.25) is 0 Å². The lowest BCUT2D eigenvalue weighted by atomic mass is 10.2. The predicted molar refractivity (Wildman–Crippen MR) is 51.8 cm³/mol. The summed E-state index contributed by atoms with van der Waals surface area (Å²) in [7, 11) is 0. The molecule has 1 unspecified atom stereocenters. The van der Waals surface area contributed by atoms with Gasteiger partial charge in [-0.15, -0.1) is 0 Å². The zero-order valence-corrected chi connectivity index (χ0v) is 8.68. The third-order valence-electron chi connectivity index (χ3n) is 2.39. The normalized spacial score (nSPS) is 13.8. The van der Waals surface area contributed by atoms with Crippen molar-refractivity contribution in [1.82, 2.24) is 4.90 Å². The smallest absolute Gasteiger partial charge is 0.0949 e. The van der Waals surface area contributed by atoms with Crippen molar-refractivity contribution in [3.63, 3.8) is 0 Å². The van der Waals surface area contributed by atoms with Gasteiger partial charge in [0.05, 0.1) is 6.61 Å². The molecule has 2 nitrogen and oxygen atoms in total. The van der Waals surface area contributed by atoms with Gasteiger partial charge in [0.15, 0.2) is 0 Å². The minimum absolute atomic E-state index is 0.0358. The average molecular weight is 172 g/mol. The van der Waals surface area contributed by atoms with E-state index in [-0.39, 0.29) is 6.61 Å². The van der Waals surface area contributed by atoms with E-state index in [2.05, 4.69) is 25.7 Å². The molecule has 0 aromatic rings. The Kier molecular flexibility index (Phi) is 7.51. The first-order chi connectivity index (χ1) is 5.76. The topological polar surface area (TPSA) is 23.1 Å². The summed E-state index contributed by atoms with van der Waals surface area (Å²) in [6.07, 6.45) is 3.57. The van der Waals surface area contributed by atoms with Gasteiger partial charge >= 0.3 is 0 Å². The molecule has 0 aromatic carbocycles. The van der Waals surface area contributed by atoms with Gasteiger partial charge in [0.1, 0.15) is 0 Å². The minimum Gasteiger partial charge on any atom is -0.298 e. The highest BCUT2D eigenvalue weighted by molar-refractivity contribution is 4.64. The minimum atomic E-state index is 0.0358. The molecular formula is C10H22NO. The zero-order chi connectivity index (χ0) is 9.40. The van der Waals surface area contributed by atoms with Crippen LogP contribution in [-0.2, 0) is 5.11 Å². The standard InChI is InChI=1S/C10H22NO/c1-4-6-7-11(8-9-12)10(3)5-2/h10H,4-9H2,1-3H3. The molecule has 0 N–H and O–H groups in total. The molecule has 12 heavy (non-hydrogen) atoms. The summed E-state index contributed by atoms with van der Waals surface area (Å²) in [5, 5.41) is 10.5. The molecule has 0 rings (SSSR count). The van der Waals surface area contributed by atoms with Crippen molar-refractivity contribution in [2.24, 2.45) is 0 Å². The number of rotatable bonds is 7. The molecule has 1 atom stereocenters. The van der Waals surface area contributed by atoms with E-state index in [9.17, 15) is 5.11 Å². The van der Waals surface area contributed by atoms with E-state index in [1.54, 1.807) is 0 Å². The van der Waals surface area contributed by atoms with Crippen LogP contribution in [-0.4, -0.2) is 30.6 Å². The third-order valence-corrected chi connectivity index (χ3v) is 2.39. The lowest BCUT2D eigenvalue weighted by Gasteiger charge is -2.26. The van der Waals surface area contributed by atoms with Crippen LogP contribution in [0.25, 0.3) is 0 Å². The summed E-state index contributed by atoms with van der Waals surface area (Å²) >= 11 is 0. The summed E-state index contributed by atoms with van der Waals surface area (Å²) in [6.45, 7) is 8.41. The summed E-state index contributed by atoms with van der Waals surface area (Å²) in [5.41, 5.74) is 0. The highest BCUT2D eigenvalue weighted by Gasteiger charge is 2.09. The van der Waals surface area contributed by atoms with Gasteiger partial charge in [-0.1, -0.05) is 20.3 Å². The Labute approximate surface area is 76.6 Å². The third kappa shape index (κ3) is 4.73. The van der Waals surface area contributed by atoms with Crippen LogP contribution in [0.3, 0.4) is 0 Å². The first-order valence-electron chi connectivity index (χ1n) is 5.08. The molecule has 0 aliphatic heterocycles. The van der Waals surface area contributed by atoms with E-state index >= 15 is 0 Å². The fraction of sp³-hybridized carbons (Fsp3) is 1.00. The Morgan fingerprint density at radius 3 is 2.33 bits per heavy atom. The van der Waals surface area contributed by atoms with Gasteiger partial charge in [-0.3, -0.25) is 4.90 Å². The Morgan fingerprint density at radius 2 is 1.92 bits per heavy atom. The molecule has 0 fully saturated rings. The summed E-state index contributed by atoms with van der Waals surface area (Å²) in [5.74, 6) is 0. The molecule has 0 spiro atoms. The second-order valence-corrected chi connectivity index (χ2v) is 3.35. The number of nitrogens with zero attached hydrogens (tertiary/aromatic N) is 1. The Hall–Kier alpha value is -0.0800. The van der Waals surface area contributed by atoms with Crippen LogP contribution in [0.15, 0.2) is 0 Å². The van der Waals surface area contributed by atoms with Crippen molar-refractivity contribution in [2.75, 3.05) is 19.7 Å². The molecule has 0 bridgehead atoms. The van der Waals surface area contributed by atoms with E-state index in [0.717, 1.165) is 19.5 Å². The van der Waals surface area contributed by atoms with E-state index < -0.39 is 0 Å². The molecule has 0 aromatic heterocycles. The van der Waals surface area contributed by atoms with Crippen LogP contribution >= 0.6 is 0 Å². The van der Waals surface area contributed by atoms with Crippen molar-refractivity contribution in [3.05, 3.63) is 0 Å². The van der Waals surface area contributed by atoms with Gasteiger partial charge in [-0.25, -0.2) is 5.11 Å². The molecule has 0 heterocycles. The van der Waals surface area contributed by atoms with Crippen molar-refractivity contribution in [2.45, 2.75) is 46.1 Å². The lowest BCUT2D eigenvalue weighted by Crippen LogP contribution is -2.35. The first kappa shape index (κ1) is 11.9. The molecule has 0 saturated carbocycles. The van der Waals surface area contributed by atoms with Gasteiger partial charge in [-0.05, 0) is 26.3 Å². The van der Waals surface area contributed by atoms with Gasteiger partial charge in [-0.2, -0.15) is 0 Å². The molecule has 0 aliphatic rings. The summed E-state index contributed by atoms with van der Waals surface area (Å²) in [6, 6.07) is 0.575. The van der Waals surface area contributed by atoms with Crippen LogP contribution in [0.2, 0.25) is 0 Å². The Balaban J connectivity index is 3.68. The van der Waals surface area contributed by atoms with E-state index in [4.69, 9.17) is 0 Å². The SMILES string of the molecule is CCCCN(CC[O])C(C)CC. The van der Waals surface area contributed by atoms with Crippen LogP contribution in [0, 0.1) is 0 Å². The molecule has 0 saturated heterocycles. The van der Waals surface area contributed by atoms with E-state index in [1.165, 1.54) is 12.8 Å². The van der Waals surface area contributed by atoms with Crippen molar-refractivity contribution < 1.29 is 5.11 Å². The molecule has 0 amide bonds. The number of unbranched alkanes of at least 4 members (excludes halogenated alkanes) is 1. The maximum Gasteiger partial charge on any atom is 0.0949 e. The second kappa shape index (κ2) is 7.56. The molecule has 73 valence electrons. The maximum absolute atomic E-state index is 10.5. The molecule has 0 aliphatic carbocycles. The summed E-state index contributed by atoms with van der Waals surface area (Å²) in [4.78, 5) is 2.30. The average Bonchev–Trinajstić information content (AvgIpc) is 2.11. The first-order valence-corrected chi connectivity index (χ1v) is 5.08. The van der Waals surface area contributed by atoms with Crippen LogP contribution in [0.5, 0.6) is 0 Å². The number of hydrogen-bond donors (Lipinski definition) is 0. The van der Waals surface area contributed by atoms with Crippen molar-refractivity contribution >= 4 is 0 Å². The van der Waals surface area contributed by atoms with E-state index in [0.29, 0.717) is 6.04 Å². The van der Waals surface area contributed by atoms with Crippen LogP contribution in [0.4, 0.5) is 0 Å². The highest BCUT2D eigenvalue weighted by atomic mass is 16.3. The Bertz CT molecular complexity index is 95.8. The Morgan fingerprint density at radius 1 is 1.25 bits per heavy atom. The fourth-order valence-corrected chi connectivity index (χ4v) is 1.29. The van der Waals surface area contributed by atoms with E-state index in [1.807, 2.05) is 0 Å². The lowest BCUT2D eigenvalue weighted by molar-refractivity contribution is 0.115. The number of hydrogen-bond acceptors (Lipinski definition) is 1. The summed E-state index contributed by atoms with van der Waals surface area (Å²) < 4.78 is 0. The molecule has 2 heteroatoms. The van der Waals surface area contributed by atoms with Crippen molar-refractivity contribution in [1.29, 1.82) is 0 Å². The zero-order valence-electron chi connectivity index (χ0n) is 8.68. The monoisotopic (exact) mass is 172 g/mol. The maximum atomic E-state index is 10.5. The van der Waals surface area contributed by atoms with Gasteiger partial charge < -0.3 is 0 Å². The van der Waals surface area contributed by atoms with Gasteiger partial charge in [0, 0.05) is 12.6 Å². The van der Waals surface area contributed by atoms with Crippen LogP contribution in [0.1, 0.15) is 40.0 Å². The van der Waals surface area contributed by atoms with Gasteiger partial charge in [0.25, 0.3) is 0 Å². The van der Waals surface area contributed by atoms with Crippen LogP contribution < -0.4 is 0 Å². The predicted octanol–water partition coefficient (Wildman–Crippen LogP) is 2.32. The second-order valence-electron chi connectivity index (χ2n) is 3.35. The molecular weight excluding hydrogens is 150 g/mol. The fourth-order valence-electron chi connectivity index (χ4n) is 1.29. The molecule has 1 radical (unpaired) electrons. The van der Waals surface area contributed by atoms with Crippen molar-refractivity contribution in [3.8, 4) is 0 Å². The quantitative estimate of drug-likeness (QED) is 0.578. The largest absolute Gasteiger partial charge is 0.298 e. The highest BCUT2D eigenvalue weighted by Crippen LogP contribution is 2.04.